The van der Waals surface area contributed by atoms with Crippen molar-refractivity contribution < 1.29 is 28.8 Å². The van der Waals surface area contributed by atoms with Crippen LogP contribution in [0.4, 0.5) is 16.2 Å². The van der Waals surface area contributed by atoms with Crippen LogP contribution in [0, 0.1) is 17.0 Å². The standard InChI is InChI=1S/C27H21N3O7S/c1-17-6-12-21(13-7-17)28-24(31)16-37-26(33)19-10-8-18(9-11-19)14-23-25(32)29(27(34)38-23)15-20-4-2-3-5-22(20)30(35)36/h2-14H,15-16H2,1H3,(H,28,31)/b23-14-. The van der Waals surface area contributed by atoms with E-state index in [9.17, 15) is 29.3 Å². The first-order valence-corrected chi connectivity index (χ1v) is 12.1. The van der Waals surface area contributed by atoms with E-state index in [1.165, 1.54) is 36.4 Å². The van der Waals surface area contributed by atoms with Gasteiger partial charge in [-0.1, -0.05) is 48.0 Å². The molecule has 0 bridgehead atoms. The number of nitro benzene ring substituents is 1. The lowest BCUT2D eigenvalue weighted by Gasteiger charge is -2.12. The van der Waals surface area contributed by atoms with Crippen LogP contribution >= 0.6 is 11.8 Å². The van der Waals surface area contributed by atoms with Crippen molar-refractivity contribution >= 4 is 52.2 Å². The number of amides is 3. The molecule has 1 aliphatic heterocycles. The highest BCUT2D eigenvalue weighted by molar-refractivity contribution is 8.18. The summed E-state index contributed by atoms with van der Waals surface area (Å²) in [5, 5.41) is 13.3. The number of imide groups is 1. The second-order valence-corrected chi connectivity index (χ2v) is 9.26. The molecule has 1 heterocycles. The summed E-state index contributed by atoms with van der Waals surface area (Å²) in [4.78, 5) is 61.4. The number of nitrogens with zero attached hydrogens (tertiary/aromatic N) is 2. The summed E-state index contributed by atoms with van der Waals surface area (Å²) in [5.41, 5.74) is 2.46. The molecule has 0 spiro atoms. The Balaban J connectivity index is 1.36. The van der Waals surface area contributed by atoms with E-state index in [1.807, 2.05) is 19.1 Å². The number of benzene rings is 3. The number of nitro groups is 1. The third-order valence-electron chi connectivity index (χ3n) is 5.50. The van der Waals surface area contributed by atoms with Crippen LogP contribution in [0.25, 0.3) is 6.08 Å². The molecular formula is C27H21N3O7S. The first-order chi connectivity index (χ1) is 18.2. The van der Waals surface area contributed by atoms with Gasteiger partial charge in [-0.15, -0.1) is 0 Å². The van der Waals surface area contributed by atoms with Crippen molar-refractivity contribution in [3.63, 3.8) is 0 Å². The lowest BCUT2D eigenvalue weighted by molar-refractivity contribution is -0.385. The number of carbonyl (C=O) groups excluding carboxylic acids is 4. The maximum Gasteiger partial charge on any atom is 0.338 e. The third kappa shape index (κ3) is 6.31. The van der Waals surface area contributed by atoms with Gasteiger partial charge in [-0.25, -0.2) is 4.79 Å². The highest BCUT2D eigenvalue weighted by Gasteiger charge is 2.36. The number of carbonyl (C=O) groups is 4. The summed E-state index contributed by atoms with van der Waals surface area (Å²) >= 11 is 0.726. The summed E-state index contributed by atoms with van der Waals surface area (Å²) in [6, 6.07) is 19.2. The zero-order valence-electron chi connectivity index (χ0n) is 20.1. The molecule has 4 rings (SSSR count). The highest BCUT2D eigenvalue weighted by atomic mass is 32.2. The fourth-order valence-corrected chi connectivity index (χ4v) is 4.38. The van der Waals surface area contributed by atoms with Crippen molar-refractivity contribution in [3.05, 3.63) is 110 Å². The normalized spacial score (nSPS) is 14.0. The second kappa shape index (κ2) is 11.5. The monoisotopic (exact) mass is 531 g/mol. The first kappa shape index (κ1) is 26.3. The van der Waals surface area contributed by atoms with Gasteiger partial charge in [0.2, 0.25) is 0 Å². The molecule has 0 aromatic heterocycles. The van der Waals surface area contributed by atoms with Crippen LogP contribution in [0.1, 0.15) is 27.0 Å². The van der Waals surface area contributed by atoms with E-state index in [-0.39, 0.29) is 28.3 Å². The van der Waals surface area contributed by atoms with Gasteiger partial charge < -0.3 is 10.1 Å². The van der Waals surface area contributed by atoms with Crippen LogP contribution in [-0.2, 0) is 20.9 Å². The van der Waals surface area contributed by atoms with Crippen molar-refractivity contribution in [1.29, 1.82) is 0 Å². The summed E-state index contributed by atoms with van der Waals surface area (Å²) in [7, 11) is 0. The predicted molar refractivity (Wildman–Crippen MR) is 141 cm³/mol. The van der Waals surface area contributed by atoms with E-state index in [4.69, 9.17) is 4.74 Å². The summed E-state index contributed by atoms with van der Waals surface area (Å²) in [6.07, 6.45) is 1.49. The molecule has 1 N–H and O–H groups in total. The molecule has 1 aliphatic rings. The number of nitrogens with one attached hydrogen (secondary N) is 1. The van der Waals surface area contributed by atoms with Crippen molar-refractivity contribution in [2.75, 3.05) is 11.9 Å². The van der Waals surface area contributed by atoms with Crippen molar-refractivity contribution in [2.45, 2.75) is 13.5 Å². The minimum Gasteiger partial charge on any atom is -0.452 e. The maximum atomic E-state index is 12.8. The van der Waals surface area contributed by atoms with Crippen molar-refractivity contribution in [1.82, 2.24) is 4.90 Å². The van der Waals surface area contributed by atoms with Gasteiger partial charge in [0.15, 0.2) is 6.61 Å². The number of aryl methyl sites for hydroxylation is 1. The minimum absolute atomic E-state index is 0.150. The Morgan fingerprint density at radius 2 is 1.71 bits per heavy atom. The Bertz CT molecular complexity index is 1450. The quantitative estimate of drug-likeness (QED) is 0.187. The van der Waals surface area contributed by atoms with Gasteiger partial charge in [-0.05, 0) is 54.6 Å². The molecule has 0 saturated carbocycles. The molecule has 3 amide bonds. The fraction of sp³-hybridized carbons (Fsp3) is 0.111. The average molecular weight is 532 g/mol. The molecule has 0 radical (unpaired) electrons. The zero-order chi connectivity index (χ0) is 27.2. The number of rotatable bonds is 8. The number of hydrogen-bond donors (Lipinski definition) is 1. The van der Waals surface area contributed by atoms with Gasteiger partial charge in [0.25, 0.3) is 22.7 Å². The molecule has 0 unspecified atom stereocenters. The van der Waals surface area contributed by atoms with Crippen LogP contribution in [0.2, 0.25) is 0 Å². The largest absolute Gasteiger partial charge is 0.452 e. The molecule has 1 fully saturated rings. The predicted octanol–water partition coefficient (Wildman–Crippen LogP) is 4.94. The Hall–Kier alpha value is -4.77. The molecule has 3 aromatic rings. The Labute approximate surface area is 221 Å². The Kier molecular flexibility index (Phi) is 7.97. The molecule has 38 heavy (non-hydrogen) atoms. The third-order valence-corrected chi connectivity index (χ3v) is 6.41. The molecule has 3 aromatic carbocycles. The zero-order valence-corrected chi connectivity index (χ0v) is 20.9. The van der Waals surface area contributed by atoms with Gasteiger partial charge in [0.1, 0.15) is 0 Å². The SMILES string of the molecule is Cc1ccc(NC(=O)COC(=O)c2ccc(/C=C3\SC(=O)N(Cc4ccccc4[N+](=O)[O-])C3=O)cc2)cc1. The first-order valence-electron chi connectivity index (χ1n) is 11.3. The summed E-state index contributed by atoms with van der Waals surface area (Å²) in [6.45, 7) is 1.25. The van der Waals surface area contributed by atoms with Crippen LogP contribution in [0.5, 0.6) is 0 Å². The van der Waals surface area contributed by atoms with E-state index in [2.05, 4.69) is 5.32 Å². The van der Waals surface area contributed by atoms with Crippen LogP contribution in [-0.4, -0.2) is 39.5 Å². The Morgan fingerprint density at radius 3 is 2.39 bits per heavy atom. The molecule has 10 nitrogen and oxygen atoms in total. The van der Waals surface area contributed by atoms with Gasteiger partial charge >= 0.3 is 5.97 Å². The molecule has 0 atom stereocenters. The average Bonchev–Trinajstić information content (AvgIpc) is 3.16. The van der Waals surface area contributed by atoms with Gasteiger partial charge in [-0.2, -0.15) is 0 Å². The molecule has 0 aliphatic carbocycles. The number of ether oxygens (including phenoxy) is 1. The van der Waals surface area contributed by atoms with Crippen LogP contribution in [0.15, 0.2) is 77.7 Å². The lowest BCUT2D eigenvalue weighted by atomic mass is 10.1. The summed E-state index contributed by atoms with van der Waals surface area (Å²) < 4.78 is 5.06. The van der Waals surface area contributed by atoms with Gasteiger partial charge in [0, 0.05) is 17.3 Å². The number of para-hydroxylation sites is 1. The van der Waals surface area contributed by atoms with E-state index in [0.717, 1.165) is 22.2 Å². The molecular weight excluding hydrogens is 510 g/mol. The topological polar surface area (TPSA) is 136 Å². The highest BCUT2D eigenvalue weighted by Crippen LogP contribution is 2.34. The number of anilines is 1. The van der Waals surface area contributed by atoms with Crippen molar-refractivity contribution in [3.8, 4) is 0 Å². The van der Waals surface area contributed by atoms with Gasteiger partial charge in [-0.3, -0.25) is 29.4 Å². The molecule has 1 saturated heterocycles. The smallest absolute Gasteiger partial charge is 0.338 e. The van der Waals surface area contributed by atoms with E-state index in [1.54, 1.807) is 30.3 Å². The Morgan fingerprint density at radius 1 is 1.03 bits per heavy atom. The fourth-order valence-electron chi connectivity index (χ4n) is 3.54. The molecule has 11 heteroatoms. The number of hydrogen-bond acceptors (Lipinski definition) is 8. The maximum absolute atomic E-state index is 12.8. The van der Waals surface area contributed by atoms with Gasteiger partial charge in [0.05, 0.1) is 21.9 Å². The minimum atomic E-state index is -0.694. The van der Waals surface area contributed by atoms with Crippen LogP contribution in [0.3, 0.4) is 0 Å². The lowest BCUT2D eigenvalue weighted by Crippen LogP contribution is -2.27. The molecule has 192 valence electrons. The van der Waals surface area contributed by atoms with E-state index in [0.29, 0.717) is 11.3 Å². The summed E-state index contributed by atoms with van der Waals surface area (Å²) in [5.74, 6) is -1.74. The number of esters is 1. The number of thioether (sulfide) groups is 1. The van der Waals surface area contributed by atoms with Crippen molar-refractivity contribution in [2.24, 2.45) is 0 Å². The van der Waals surface area contributed by atoms with Crippen LogP contribution < -0.4 is 5.32 Å². The van der Waals surface area contributed by atoms with E-state index < -0.39 is 34.6 Å². The second-order valence-electron chi connectivity index (χ2n) is 8.27. The van der Waals surface area contributed by atoms with E-state index >= 15 is 0 Å².